The van der Waals surface area contributed by atoms with Crippen LogP contribution in [0.15, 0.2) is 0 Å². The predicted molar refractivity (Wildman–Crippen MR) is 47.6 cm³/mol. The Morgan fingerprint density at radius 3 is 2.50 bits per heavy atom. The molecule has 0 radical (unpaired) electrons. The van der Waals surface area contributed by atoms with Crippen molar-refractivity contribution >= 4 is 18.4 Å². The minimum atomic E-state index is 0.277. The van der Waals surface area contributed by atoms with E-state index in [0.717, 1.165) is 12.8 Å². The van der Waals surface area contributed by atoms with Crippen LogP contribution in [0.3, 0.4) is 0 Å². The Hall–Kier alpha value is 0.0200. The van der Waals surface area contributed by atoms with Gasteiger partial charge in [-0.25, -0.2) is 0 Å². The molecule has 1 nitrogen and oxygen atoms in total. The van der Waals surface area contributed by atoms with E-state index in [9.17, 15) is 4.79 Å². The summed E-state index contributed by atoms with van der Waals surface area (Å²) in [7, 11) is 0. The molecular weight excluding hydrogens is 144 g/mol. The molecule has 0 rings (SSSR count). The van der Waals surface area contributed by atoms with E-state index in [1.54, 1.807) is 0 Å². The fourth-order valence-electron chi connectivity index (χ4n) is 0.828. The van der Waals surface area contributed by atoms with Crippen molar-refractivity contribution in [2.45, 2.75) is 39.0 Å². The maximum Gasteiger partial charge on any atom is 0.142 e. The van der Waals surface area contributed by atoms with Crippen LogP contribution in [0.1, 0.15) is 39.0 Å². The van der Waals surface area contributed by atoms with Crippen molar-refractivity contribution < 1.29 is 4.79 Å². The lowest BCUT2D eigenvalue weighted by Crippen LogP contribution is -1.97. The second kappa shape index (κ2) is 7.13. The summed E-state index contributed by atoms with van der Waals surface area (Å²) in [4.78, 5) is 10.7. The SMILES string of the molecule is CCCCCCC(=O)CS. The van der Waals surface area contributed by atoms with Crippen LogP contribution < -0.4 is 0 Å². The number of ketones is 1. The first-order valence-electron chi connectivity index (χ1n) is 3.93. The zero-order chi connectivity index (χ0) is 7.82. The molecule has 10 heavy (non-hydrogen) atoms. The molecule has 60 valence electrons. The van der Waals surface area contributed by atoms with E-state index in [-0.39, 0.29) is 5.78 Å². The smallest absolute Gasteiger partial charge is 0.142 e. The third-order valence-corrected chi connectivity index (χ3v) is 1.84. The zero-order valence-corrected chi connectivity index (χ0v) is 7.49. The van der Waals surface area contributed by atoms with Crippen LogP contribution in [0, 0.1) is 0 Å². The Morgan fingerprint density at radius 2 is 2.00 bits per heavy atom. The highest BCUT2D eigenvalue weighted by molar-refractivity contribution is 7.81. The topological polar surface area (TPSA) is 17.1 Å². The van der Waals surface area contributed by atoms with E-state index < -0.39 is 0 Å². The molecule has 0 aliphatic rings. The van der Waals surface area contributed by atoms with Crippen molar-refractivity contribution in [3.63, 3.8) is 0 Å². The zero-order valence-electron chi connectivity index (χ0n) is 6.60. The minimum absolute atomic E-state index is 0.277. The van der Waals surface area contributed by atoms with E-state index in [0.29, 0.717) is 5.75 Å². The highest BCUT2D eigenvalue weighted by Crippen LogP contribution is 2.02. The first-order valence-corrected chi connectivity index (χ1v) is 4.57. The summed E-state index contributed by atoms with van der Waals surface area (Å²) in [5.41, 5.74) is 0. The molecule has 0 N–H and O–H groups in total. The highest BCUT2D eigenvalue weighted by Gasteiger charge is 1.96. The van der Waals surface area contributed by atoms with E-state index in [2.05, 4.69) is 19.6 Å². The van der Waals surface area contributed by atoms with E-state index in [4.69, 9.17) is 0 Å². The summed E-state index contributed by atoms with van der Waals surface area (Å²) in [6.45, 7) is 2.17. The van der Waals surface area contributed by atoms with Gasteiger partial charge < -0.3 is 0 Å². The fraction of sp³-hybridized carbons (Fsp3) is 0.875. The van der Waals surface area contributed by atoms with Crippen LogP contribution in [-0.2, 0) is 4.79 Å². The lowest BCUT2D eigenvalue weighted by atomic mass is 10.1. The Labute approximate surface area is 68.6 Å². The first-order chi connectivity index (χ1) is 4.81. The van der Waals surface area contributed by atoms with Gasteiger partial charge in [0, 0.05) is 12.2 Å². The van der Waals surface area contributed by atoms with Crippen LogP contribution in [0.5, 0.6) is 0 Å². The molecule has 2 heteroatoms. The van der Waals surface area contributed by atoms with Gasteiger partial charge in [0.2, 0.25) is 0 Å². The Kier molecular flexibility index (Phi) is 7.15. The van der Waals surface area contributed by atoms with Crippen LogP contribution in [0.4, 0.5) is 0 Å². The third kappa shape index (κ3) is 6.14. The van der Waals surface area contributed by atoms with Crippen molar-refractivity contribution in [2.24, 2.45) is 0 Å². The lowest BCUT2D eigenvalue weighted by Gasteiger charge is -1.95. The second-order valence-electron chi connectivity index (χ2n) is 2.51. The van der Waals surface area contributed by atoms with Gasteiger partial charge >= 0.3 is 0 Å². The van der Waals surface area contributed by atoms with Crippen molar-refractivity contribution in [1.82, 2.24) is 0 Å². The monoisotopic (exact) mass is 160 g/mol. The number of hydrogen-bond acceptors (Lipinski definition) is 2. The number of carbonyl (C=O) groups is 1. The molecule has 0 amide bonds. The van der Waals surface area contributed by atoms with E-state index >= 15 is 0 Å². The summed E-state index contributed by atoms with van der Waals surface area (Å²) in [5, 5.41) is 0. The molecule has 0 aromatic heterocycles. The highest BCUT2D eigenvalue weighted by atomic mass is 32.1. The second-order valence-corrected chi connectivity index (χ2v) is 2.82. The quantitative estimate of drug-likeness (QED) is 0.466. The molecule has 0 saturated heterocycles. The van der Waals surface area contributed by atoms with Gasteiger partial charge in [-0.3, -0.25) is 4.79 Å². The lowest BCUT2D eigenvalue weighted by molar-refractivity contribution is -0.116. The van der Waals surface area contributed by atoms with Gasteiger partial charge in [0.25, 0.3) is 0 Å². The largest absolute Gasteiger partial charge is 0.299 e. The maximum atomic E-state index is 10.7. The van der Waals surface area contributed by atoms with Crippen molar-refractivity contribution in [1.29, 1.82) is 0 Å². The molecule has 0 spiro atoms. The normalized spacial score (nSPS) is 9.80. The third-order valence-electron chi connectivity index (χ3n) is 1.49. The molecule has 0 aliphatic heterocycles. The Bertz CT molecular complexity index is 91.3. The summed E-state index contributed by atoms with van der Waals surface area (Å²) in [5.74, 6) is 0.686. The average Bonchev–Trinajstić information content (AvgIpc) is 1.98. The van der Waals surface area contributed by atoms with Gasteiger partial charge in [-0.2, -0.15) is 12.6 Å². The fourth-order valence-corrected chi connectivity index (χ4v) is 0.986. The summed E-state index contributed by atoms with van der Waals surface area (Å²) in [6, 6.07) is 0. The maximum absolute atomic E-state index is 10.7. The molecule has 0 heterocycles. The van der Waals surface area contributed by atoms with E-state index in [1.807, 2.05) is 0 Å². The number of rotatable bonds is 6. The molecule has 0 fully saturated rings. The summed E-state index contributed by atoms with van der Waals surface area (Å²) >= 11 is 3.89. The number of Topliss-reactive ketones (excluding diaryl/α,β-unsaturated/α-hetero) is 1. The first kappa shape index (κ1) is 10.0. The van der Waals surface area contributed by atoms with E-state index in [1.165, 1.54) is 19.3 Å². The van der Waals surface area contributed by atoms with Gasteiger partial charge in [0.05, 0.1) is 0 Å². The van der Waals surface area contributed by atoms with Gasteiger partial charge in [-0.1, -0.05) is 26.2 Å². The molecular formula is C8H16OS. The van der Waals surface area contributed by atoms with Gasteiger partial charge in [-0.05, 0) is 6.42 Å². The van der Waals surface area contributed by atoms with Crippen LogP contribution >= 0.6 is 12.6 Å². The molecule has 0 unspecified atom stereocenters. The molecule has 0 aliphatic carbocycles. The Morgan fingerprint density at radius 1 is 1.30 bits per heavy atom. The van der Waals surface area contributed by atoms with Crippen LogP contribution in [0.25, 0.3) is 0 Å². The van der Waals surface area contributed by atoms with Gasteiger partial charge in [0.1, 0.15) is 5.78 Å². The average molecular weight is 160 g/mol. The number of thiol groups is 1. The predicted octanol–water partition coefficient (Wildman–Crippen LogP) is 2.46. The van der Waals surface area contributed by atoms with Gasteiger partial charge in [0.15, 0.2) is 0 Å². The molecule has 0 atom stereocenters. The van der Waals surface area contributed by atoms with Crippen molar-refractivity contribution in [3.05, 3.63) is 0 Å². The van der Waals surface area contributed by atoms with Crippen LogP contribution in [0.2, 0.25) is 0 Å². The molecule has 0 saturated carbocycles. The molecule has 0 aromatic rings. The molecule has 0 aromatic carbocycles. The van der Waals surface area contributed by atoms with Crippen molar-refractivity contribution in [2.75, 3.05) is 5.75 Å². The van der Waals surface area contributed by atoms with Crippen LogP contribution in [-0.4, -0.2) is 11.5 Å². The number of carbonyl (C=O) groups excluding carboxylic acids is 1. The van der Waals surface area contributed by atoms with Gasteiger partial charge in [-0.15, -0.1) is 0 Å². The summed E-state index contributed by atoms with van der Waals surface area (Å²) < 4.78 is 0. The minimum Gasteiger partial charge on any atom is -0.299 e. The van der Waals surface area contributed by atoms with Crippen molar-refractivity contribution in [3.8, 4) is 0 Å². The standard InChI is InChI=1S/C8H16OS/c1-2-3-4-5-6-8(9)7-10/h10H,2-7H2,1H3. The molecule has 0 bridgehead atoms. The summed E-state index contributed by atoms with van der Waals surface area (Å²) in [6.07, 6.45) is 5.45. The number of hydrogen-bond donors (Lipinski definition) is 1. The Balaban J connectivity index is 2.96. The number of unbranched alkanes of at least 4 members (excludes halogenated alkanes) is 3.